The number of H-pyrrole nitrogens is 1. The van der Waals surface area contributed by atoms with Crippen LogP contribution < -0.4 is 5.32 Å². The SMILES string of the molecule is CN1CCC(C(=O)N2CCc3c(sc4ncnc(Nc5cc6cn[nH]c6cn5)c34)C2)CC1. The number of aromatic nitrogens is 5. The predicted molar refractivity (Wildman–Crippen MR) is 124 cm³/mol. The number of pyridine rings is 1. The van der Waals surface area contributed by atoms with Gasteiger partial charge in [-0.05, 0) is 51.0 Å². The fourth-order valence-corrected chi connectivity index (χ4v) is 5.96. The first kappa shape index (κ1) is 19.6. The number of likely N-dealkylation sites (tertiary alicyclic amines) is 1. The van der Waals surface area contributed by atoms with Crippen molar-refractivity contribution in [2.75, 3.05) is 32.0 Å². The lowest BCUT2D eigenvalue weighted by molar-refractivity contribution is -0.137. The van der Waals surface area contributed by atoms with Crippen LogP contribution in [0.3, 0.4) is 0 Å². The molecule has 2 N–H and O–H groups in total. The molecular weight excluding hydrogens is 424 g/mol. The molecule has 1 saturated heterocycles. The number of thiophene rings is 1. The van der Waals surface area contributed by atoms with Crippen molar-refractivity contribution >= 4 is 50.0 Å². The van der Waals surface area contributed by atoms with Gasteiger partial charge in [-0.1, -0.05) is 0 Å². The Morgan fingerprint density at radius 3 is 2.94 bits per heavy atom. The third-order valence-corrected chi connectivity index (χ3v) is 7.71. The number of piperidine rings is 1. The topological polar surface area (TPSA) is 103 Å². The van der Waals surface area contributed by atoms with E-state index in [0.717, 1.165) is 65.8 Å². The number of fused-ring (bicyclic) bond motifs is 4. The monoisotopic (exact) mass is 448 g/mol. The van der Waals surface area contributed by atoms with Gasteiger partial charge >= 0.3 is 0 Å². The molecule has 10 heteroatoms. The van der Waals surface area contributed by atoms with Gasteiger partial charge in [0.15, 0.2) is 0 Å². The van der Waals surface area contributed by atoms with E-state index in [1.54, 1.807) is 30.1 Å². The van der Waals surface area contributed by atoms with E-state index in [2.05, 4.69) is 42.4 Å². The van der Waals surface area contributed by atoms with Gasteiger partial charge in [0.1, 0.15) is 22.8 Å². The Hall–Kier alpha value is -3.11. The van der Waals surface area contributed by atoms with E-state index in [4.69, 9.17) is 0 Å². The number of carbonyl (C=O) groups is 1. The van der Waals surface area contributed by atoms with Crippen LogP contribution >= 0.6 is 11.3 Å². The second-order valence-electron chi connectivity index (χ2n) is 8.65. The average Bonchev–Trinajstić information content (AvgIpc) is 3.43. The molecular formula is C22H24N8OS. The number of hydrogen-bond donors (Lipinski definition) is 2. The molecule has 4 aromatic heterocycles. The first-order valence-corrected chi connectivity index (χ1v) is 11.8. The summed E-state index contributed by atoms with van der Waals surface area (Å²) in [6.45, 7) is 3.42. The molecule has 0 unspecified atom stereocenters. The lowest BCUT2D eigenvalue weighted by atomic mass is 9.94. The predicted octanol–water partition coefficient (Wildman–Crippen LogP) is 2.93. The summed E-state index contributed by atoms with van der Waals surface area (Å²) >= 11 is 1.67. The molecule has 1 fully saturated rings. The standard InChI is InChI=1S/C22H24N8OS/c1-29-5-2-13(3-6-29)22(31)30-7-4-15-17(11-30)32-21-19(15)20(24-12-25-21)27-18-8-14-9-26-28-16(14)10-23-18/h8-10,12-13H,2-7,11H2,1H3,(H,26,28)(H,23,24,25,27). The van der Waals surface area contributed by atoms with E-state index >= 15 is 0 Å². The highest BCUT2D eigenvalue weighted by atomic mass is 32.1. The molecule has 1 amide bonds. The lowest BCUT2D eigenvalue weighted by Gasteiger charge is -2.34. The molecule has 6 rings (SSSR count). The van der Waals surface area contributed by atoms with Crippen molar-refractivity contribution < 1.29 is 4.79 Å². The summed E-state index contributed by atoms with van der Waals surface area (Å²) < 4.78 is 0. The Bertz CT molecular complexity index is 1310. The zero-order valence-electron chi connectivity index (χ0n) is 17.8. The zero-order valence-corrected chi connectivity index (χ0v) is 18.7. The fourth-order valence-electron chi connectivity index (χ4n) is 4.76. The first-order chi connectivity index (χ1) is 15.7. The maximum Gasteiger partial charge on any atom is 0.226 e. The first-order valence-electron chi connectivity index (χ1n) is 10.9. The van der Waals surface area contributed by atoms with E-state index in [1.165, 1.54) is 10.4 Å². The van der Waals surface area contributed by atoms with E-state index in [-0.39, 0.29) is 5.92 Å². The van der Waals surface area contributed by atoms with E-state index < -0.39 is 0 Å². The third-order valence-electron chi connectivity index (χ3n) is 6.59. The van der Waals surface area contributed by atoms with E-state index in [0.29, 0.717) is 18.3 Å². The minimum absolute atomic E-state index is 0.156. The number of aromatic amines is 1. The summed E-state index contributed by atoms with van der Waals surface area (Å²) in [6, 6.07) is 1.95. The Labute approximate surface area is 188 Å². The Morgan fingerprint density at radius 2 is 2.06 bits per heavy atom. The molecule has 6 heterocycles. The Kier molecular flexibility index (Phi) is 4.76. The molecule has 0 bridgehead atoms. The van der Waals surface area contributed by atoms with Crippen LogP contribution in [-0.2, 0) is 17.8 Å². The Balaban J connectivity index is 1.27. The summed E-state index contributed by atoms with van der Waals surface area (Å²) in [5.74, 6) is 1.94. The number of nitrogens with one attached hydrogen (secondary N) is 2. The summed E-state index contributed by atoms with van der Waals surface area (Å²) in [6.07, 6.45) is 7.87. The molecule has 2 aliphatic heterocycles. The molecule has 164 valence electrons. The van der Waals surface area contributed by atoms with E-state index in [9.17, 15) is 4.79 Å². The van der Waals surface area contributed by atoms with Crippen molar-refractivity contribution in [1.82, 2.24) is 34.9 Å². The molecule has 0 aliphatic carbocycles. The lowest BCUT2D eigenvalue weighted by Crippen LogP contribution is -2.43. The van der Waals surface area contributed by atoms with Crippen molar-refractivity contribution in [3.63, 3.8) is 0 Å². The van der Waals surface area contributed by atoms with Gasteiger partial charge in [0, 0.05) is 22.7 Å². The molecule has 2 aliphatic rings. The van der Waals surface area contributed by atoms with Gasteiger partial charge in [0.2, 0.25) is 5.91 Å². The minimum atomic E-state index is 0.156. The highest BCUT2D eigenvalue weighted by Crippen LogP contribution is 2.38. The highest BCUT2D eigenvalue weighted by molar-refractivity contribution is 7.19. The van der Waals surface area contributed by atoms with Crippen molar-refractivity contribution in [2.24, 2.45) is 5.92 Å². The van der Waals surface area contributed by atoms with Gasteiger partial charge in [-0.3, -0.25) is 9.89 Å². The van der Waals surface area contributed by atoms with Crippen molar-refractivity contribution in [1.29, 1.82) is 0 Å². The van der Waals surface area contributed by atoms with Crippen molar-refractivity contribution in [3.05, 3.63) is 35.2 Å². The minimum Gasteiger partial charge on any atom is -0.337 e. The van der Waals surface area contributed by atoms with Crippen LogP contribution in [0.2, 0.25) is 0 Å². The molecule has 0 spiro atoms. The third kappa shape index (κ3) is 3.39. The molecule has 0 aromatic carbocycles. The average molecular weight is 449 g/mol. The van der Waals surface area contributed by atoms with Crippen LogP contribution in [0.5, 0.6) is 0 Å². The quantitative estimate of drug-likeness (QED) is 0.497. The maximum atomic E-state index is 13.1. The van der Waals surface area contributed by atoms with E-state index in [1.807, 2.05) is 11.0 Å². The van der Waals surface area contributed by atoms with Crippen molar-refractivity contribution in [3.8, 4) is 0 Å². The summed E-state index contributed by atoms with van der Waals surface area (Å²) in [7, 11) is 2.13. The van der Waals surface area contributed by atoms with Gasteiger partial charge in [-0.25, -0.2) is 15.0 Å². The Morgan fingerprint density at radius 1 is 1.19 bits per heavy atom. The molecule has 0 atom stereocenters. The van der Waals surface area contributed by atoms with Crippen LogP contribution in [0, 0.1) is 5.92 Å². The highest BCUT2D eigenvalue weighted by Gasteiger charge is 2.31. The summed E-state index contributed by atoms with van der Waals surface area (Å²) in [5, 5.41) is 12.4. The zero-order chi connectivity index (χ0) is 21.7. The van der Waals surface area contributed by atoms with Gasteiger partial charge in [-0.2, -0.15) is 5.10 Å². The van der Waals surface area contributed by atoms with Gasteiger partial charge in [0.25, 0.3) is 0 Å². The molecule has 0 radical (unpaired) electrons. The number of carbonyl (C=O) groups excluding carboxylic acids is 1. The number of hydrogen-bond acceptors (Lipinski definition) is 8. The summed E-state index contributed by atoms with van der Waals surface area (Å²) in [4.78, 5) is 33.2. The maximum absolute atomic E-state index is 13.1. The molecule has 32 heavy (non-hydrogen) atoms. The number of anilines is 2. The molecule has 0 saturated carbocycles. The summed E-state index contributed by atoms with van der Waals surface area (Å²) in [5.41, 5.74) is 2.15. The van der Waals surface area contributed by atoms with Crippen LogP contribution in [0.1, 0.15) is 23.3 Å². The smallest absolute Gasteiger partial charge is 0.226 e. The van der Waals surface area contributed by atoms with Crippen LogP contribution in [-0.4, -0.2) is 67.5 Å². The second kappa shape index (κ2) is 7.79. The number of rotatable bonds is 3. The number of amides is 1. The van der Waals surface area contributed by atoms with Crippen LogP contribution in [0.15, 0.2) is 24.8 Å². The van der Waals surface area contributed by atoms with Gasteiger partial charge in [-0.15, -0.1) is 11.3 Å². The fraction of sp³-hybridized carbons (Fsp3) is 0.409. The molecule has 9 nitrogen and oxygen atoms in total. The van der Waals surface area contributed by atoms with Gasteiger partial charge in [0.05, 0.1) is 29.8 Å². The normalized spacial score (nSPS) is 17.7. The van der Waals surface area contributed by atoms with Gasteiger partial charge < -0.3 is 15.1 Å². The molecule has 4 aromatic rings. The van der Waals surface area contributed by atoms with Crippen molar-refractivity contribution in [2.45, 2.75) is 25.8 Å². The van der Waals surface area contributed by atoms with Crippen LogP contribution in [0.4, 0.5) is 11.6 Å². The second-order valence-corrected chi connectivity index (χ2v) is 9.73. The number of nitrogens with zero attached hydrogens (tertiary/aromatic N) is 6. The van der Waals surface area contributed by atoms with Crippen LogP contribution in [0.25, 0.3) is 21.1 Å². The largest absolute Gasteiger partial charge is 0.337 e.